The largest absolute Gasteiger partial charge is 0.494 e. The number of hydrogen-bond donors (Lipinski definition) is 2. The van der Waals surface area contributed by atoms with Crippen molar-refractivity contribution >= 4 is 63.4 Å². The van der Waals surface area contributed by atoms with Gasteiger partial charge in [-0.3, -0.25) is 4.79 Å². The number of methoxy groups -OCH3 is 1. The van der Waals surface area contributed by atoms with E-state index in [1.54, 1.807) is 18.3 Å². The number of likely N-dealkylation sites (N-methyl/N-ethyl adjacent to an activating group) is 2. The number of halogens is 2. The van der Waals surface area contributed by atoms with Crippen LogP contribution in [0.1, 0.15) is 0 Å². The molecule has 0 aliphatic rings. The molecule has 0 aliphatic heterocycles. The summed E-state index contributed by atoms with van der Waals surface area (Å²) in [6.45, 7) is 1.35. The molecule has 0 atom stereocenters. The van der Waals surface area contributed by atoms with Crippen molar-refractivity contribution in [3.8, 4) is 17.0 Å². The number of para-hydroxylation sites is 1. The van der Waals surface area contributed by atoms with Crippen molar-refractivity contribution in [2.24, 2.45) is 0 Å². The van der Waals surface area contributed by atoms with Gasteiger partial charge >= 0.3 is 0 Å². The summed E-state index contributed by atoms with van der Waals surface area (Å²) in [4.78, 5) is 25.4. The zero-order valence-electron chi connectivity index (χ0n) is 25.0. The van der Waals surface area contributed by atoms with Gasteiger partial charge in [0.05, 0.1) is 35.9 Å². The Labute approximate surface area is 247 Å². The number of nitrogens with one attached hydrogen (secondary N) is 2. The summed E-state index contributed by atoms with van der Waals surface area (Å²) in [7, 11) is 13.7. The van der Waals surface area contributed by atoms with Crippen molar-refractivity contribution in [2.75, 3.05) is 56.9 Å². The smallest absolute Gasteiger partial charge is 0.275 e. The fraction of sp³-hybridized carbons (Fsp3) is 0.250. The Kier molecular flexibility index (Phi) is 9.25. The van der Waals surface area contributed by atoms with Crippen molar-refractivity contribution in [1.29, 1.82) is 0 Å². The number of carbonyl (C=O) groups excluding carboxylic acids is 1. The standard InChI is InChI=1S/C28H34B3F2N7O2/c1-38(2)11-12-39(3)23-14-24(42-4)21(13-20(23)35-26(41)15-25(32)33)37-27-34-10-9-19(36-27)18-16-40(28(29,30)31)22-8-6-5-7-17(18)22/h5-10,13-16H,11-12,29-31H2,1-4H3,(H,35,41)(H,34,36,37). The summed E-state index contributed by atoms with van der Waals surface area (Å²) in [5, 5.41) is 6.70. The van der Waals surface area contributed by atoms with E-state index < -0.39 is 12.0 Å². The monoisotopic (exact) mass is 571 g/mol. The van der Waals surface area contributed by atoms with Gasteiger partial charge in [-0.1, -0.05) is 18.2 Å². The highest BCUT2D eigenvalue weighted by molar-refractivity contribution is 6.57. The highest BCUT2D eigenvalue weighted by Gasteiger charge is 2.21. The van der Waals surface area contributed by atoms with E-state index in [9.17, 15) is 13.6 Å². The molecule has 1 amide bonds. The van der Waals surface area contributed by atoms with Crippen molar-refractivity contribution < 1.29 is 18.3 Å². The summed E-state index contributed by atoms with van der Waals surface area (Å²) in [6.07, 6.45) is 1.93. The van der Waals surface area contributed by atoms with Crippen LogP contribution in [-0.2, 0) is 10.0 Å². The second-order valence-corrected chi connectivity index (χ2v) is 11.2. The van der Waals surface area contributed by atoms with Gasteiger partial charge in [-0.15, -0.1) is 0 Å². The third-order valence-electron chi connectivity index (χ3n) is 6.72. The van der Waals surface area contributed by atoms with Gasteiger partial charge in [0.2, 0.25) is 5.95 Å². The predicted molar refractivity (Wildman–Crippen MR) is 174 cm³/mol. The van der Waals surface area contributed by atoms with Gasteiger partial charge in [0.15, 0.2) is 0 Å². The molecule has 0 bridgehead atoms. The van der Waals surface area contributed by atoms with Crippen LogP contribution in [0.5, 0.6) is 5.75 Å². The van der Waals surface area contributed by atoms with Gasteiger partial charge < -0.3 is 29.7 Å². The second kappa shape index (κ2) is 12.7. The maximum absolute atomic E-state index is 12.8. The normalized spacial score (nSPS) is 11.4. The van der Waals surface area contributed by atoms with Crippen LogP contribution in [0, 0.1) is 0 Å². The maximum atomic E-state index is 12.8. The Bertz CT molecular complexity index is 1620. The van der Waals surface area contributed by atoms with Gasteiger partial charge in [0.1, 0.15) is 29.3 Å². The lowest BCUT2D eigenvalue weighted by atomic mass is 9.49. The molecular weight excluding hydrogens is 537 g/mol. The van der Waals surface area contributed by atoms with Gasteiger partial charge in [0, 0.05) is 55.1 Å². The molecule has 0 radical (unpaired) electrons. The SMILES string of the molecule is BC(B)(B)n1cc(-c2ccnc(Nc3cc(NC(=O)C=C(F)F)c(N(C)CCN(C)C)cc3OC)n2)c2ccccc21. The average Bonchev–Trinajstić information content (AvgIpc) is 3.32. The van der Waals surface area contributed by atoms with Crippen LogP contribution in [-0.4, -0.2) is 90.2 Å². The van der Waals surface area contributed by atoms with Crippen LogP contribution in [0.15, 0.2) is 67.0 Å². The molecule has 0 spiro atoms. The van der Waals surface area contributed by atoms with Crippen LogP contribution < -0.4 is 20.3 Å². The first-order valence-electron chi connectivity index (χ1n) is 13.5. The van der Waals surface area contributed by atoms with E-state index in [0.717, 1.165) is 28.7 Å². The Morgan fingerprint density at radius 1 is 1.10 bits per heavy atom. The molecule has 9 nitrogen and oxygen atoms in total. The molecule has 216 valence electrons. The molecule has 0 saturated heterocycles. The molecule has 2 aromatic carbocycles. The first-order valence-corrected chi connectivity index (χ1v) is 13.5. The third kappa shape index (κ3) is 7.11. The molecule has 0 aliphatic carbocycles. The van der Waals surface area contributed by atoms with Gasteiger partial charge in [0.25, 0.3) is 12.0 Å². The van der Waals surface area contributed by atoms with Gasteiger partial charge in [-0.2, -0.15) is 8.78 Å². The van der Waals surface area contributed by atoms with E-state index in [1.165, 1.54) is 7.11 Å². The lowest BCUT2D eigenvalue weighted by Gasteiger charge is -2.26. The molecule has 0 unspecified atom stereocenters. The van der Waals surface area contributed by atoms with Crippen LogP contribution in [0.3, 0.4) is 0 Å². The van der Waals surface area contributed by atoms with Crippen molar-refractivity contribution in [3.05, 3.63) is 67.0 Å². The highest BCUT2D eigenvalue weighted by atomic mass is 19.3. The van der Waals surface area contributed by atoms with Gasteiger partial charge in [-0.05, 0) is 37.5 Å². The van der Waals surface area contributed by atoms with E-state index in [-0.39, 0.29) is 11.3 Å². The number of rotatable bonds is 11. The minimum Gasteiger partial charge on any atom is -0.494 e. The van der Waals surface area contributed by atoms with E-state index >= 15 is 0 Å². The number of ether oxygens (including phenoxy) is 1. The van der Waals surface area contributed by atoms with Crippen LogP contribution in [0.4, 0.5) is 31.8 Å². The molecule has 0 fully saturated rings. The zero-order valence-corrected chi connectivity index (χ0v) is 25.0. The van der Waals surface area contributed by atoms with Gasteiger partial charge in [-0.25, -0.2) is 9.97 Å². The summed E-state index contributed by atoms with van der Waals surface area (Å²) in [5.74, 6) is -0.175. The minimum atomic E-state index is -2.08. The molecule has 42 heavy (non-hydrogen) atoms. The molecular formula is C28H34B3F2N7O2. The van der Waals surface area contributed by atoms with E-state index in [1.807, 2.05) is 49.1 Å². The van der Waals surface area contributed by atoms with Crippen molar-refractivity contribution in [3.63, 3.8) is 0 Å². The number of anilines is 4. The first-order chi connectivity index (χ1) is 19.9. The summed E-state index contributed by atoms with van der Waals surface area (Å²) in [5.41, 5.74) is 4.17. The fourth-order valence-corrected chi connectivity index (χ4v) is 4.62. The molecule has 0 saturated carbocycles. The number of benzene rings is 2. The highest BCUT2D eigenvalue weighted by Crippen LogP contribution is 2.38. The quantitative estimate of drug-likeness (QED) is 0.211. The maximum Gasteiger partial charge on any atom is 0.275 e. The zero-order chi connectivity index (χ0) is 30.6. The Hall–Kier alpha value is -4.32. The number of amides is 1. The minimum absolute atomic E-state index is 0.137. The summed E-state index contributed by atoms with van der Waals surface area (Å²) in [6, 6.07) is 13.4. The fourth-order valence-electron chi connectivity index (χ4n) is 4.62. The lowest BCUT2D eigenvalue weighted by molar-refractivity contribution is -0.112. The number of nitrogens with zero attached hydrogens (tertiary/aromatic N) is 5. The molecule has 14 heteroatoms. The summed E-state index contributed by atoms with van der Waals surface area (Å²) >= 11 is 0. The predicted octanol–water partition coefficient (Wildman–Crippen LogP) is 2.03. The van der Waals surface area contributed by atoms with Crippen molar-refractivity contribution in [1.82, 2.24) is 19.4 Å². The summed E-state index contributed by atoms with van der Waals surface area (Å²) < 4.78 is 33.5. The lowest BCUT2D eigenvalue weighted by Crippen LogP contribution is -2.34. The van der Waals surface area contributed by atoms with Crippen LogP contribution in [0.25, 0.3) is 22.2 Å². The number of aromatic nitrogens is 3. The Morgan fingerprint density at radius 3 is 2.50 bits per heavy atom. The molecule has 4 rings (SSSR count). The van der Waals surface area contributed by atoms with Crippen LogP contribution >= 0.6 is 0 Å². The molecule has 2 N–H and O–H groups in total. The number of carbonyl (C=O) groups is 1. The topological polar surface area (TPSA) is 87.6 Å². The third-order valence-corrected chi connectivity index (χ3v) is 6.72. The average molecular weight is 571 g/mol. The first kappa shape index (κ1) is 30.6. The molecule has 2 heterocycles. The second-order valence-electron chi connectivity index (χ2n) is 11.2. The number of hydrogen-bond acceptors (Lipinski definition) is 7. The number of fused-ring (bicyclic) bond motifs is 1. The Balaban J connectivity index is 1.74. The van der Waals surface area contributed by atoms with Crippen LogP contribution in [0.2, 0.25) is 0 Å². The van der Waals surface area contributed by atoms with E-state index in [0.29, 0.717) is 35.3 Å². The van der Waals surface area contributed by atoms with E-state index in [4.69, 9.17) is 9.72 Å². The Morgan fingerprint density at radius 2 is 1.83 bits per heavy atom. The van der Waals surface area contributed by atoms with E-state index in [2.05, 4.69) is 62.1 Å². The molecule has 2 aromatic heterocycles. The molecule has 4 aromatic rings. The van der Waals surface area contributed by atoms with Crippen molar-refractivity contribution in [2.45, 2.75) is 5.24 Å².